The molecule has 0 fully saturated rings. The molecule has 2 amide bonds. The highest BCUT2D eigenvalue weighted by Crippen LogP contribution is 2.23. The highest BCUT2D eigenvalue weighted by Gasteiger charge is 2.18. The predicted molar refractivity (Wildman–Crippen MR) is 86.0 cm³/mol. The number of nitrogens with zero attached hydrogens (tertiary/aromatic N) is 1. The summed E-state index contributed by atoms with van der Waals surface area (Å²) in [7, 11) is 0. The first-order chi connectivity index (χ1) is 9.99. The summed E-state index contributed by atoms with van der Waals surface area (Å²) in [5, 5.41) is 3.50. The van der Waals surface area contributed by atoms with Crippen LogP contribution in [0.2, 0.25) is 10.0 Å². The van der Waals surface area contributed by atoms with Crippen molar-refractivity contribution in [2.24, 2.45) is 0 Å². The van der Waals surface area contributed by atoms with Gasteiger partial charge in [-0.2, -0.15) is 0 Å². The van der Waals surface area contributed by atoms with E-state index >= 15 is 0 Å². The number of hydrogen-bond acceptors (Lipinski definition) is 2. The van der Waals surface area contributed by atoms with Crippen molar-refractivity contribution in [2.45, 2.75) is 26.7 Å². The van der Waals surface area contributed by atoms with Gasteiger partial charge in [-0.3, -0.25) is 9.59 Å². The Bertz CT molecular complexity index is 506. The molecular formula is C15H20Cl2N2O2. The Hall–Kier alpha value is -1.26. The maximum absolute atomic E-state index is 12.5. The van der Waals surface area contributed by atoms with Crippen molar-refractivity contribution in [1.29, 1.82) is 0 Å². The summed E-state index contributed by atoms with van der Waals surface area (Å²) in [4.78, 5) is 25.8. The molecule has 0 saturated carbocycles. The zero-order valence-electron chi connectivity index (χ0n) is 12.3. The minimum absolute atomic E-state index is 0.0485. The van der Waals surface area contributed by atoms with Crippen LogP contribution in [0.4, 0.5) is 0 Å². The van der Waals surface area contributed by atoms with Gasteiger partial charge < -0.3 is 10.2 Å². The maximum atomic E-state index is 12.5. The van der Waals surface area contributed by atoms with E-state index in [2.05, 4.69) is 5.32 Å². The molecule has 6 heteroatoms. The number of amides is 2. The van der Waals surface area contributed by atoms with E-state index in [1.165, 1.54) is 11.0 Å². The minimum atomic E-state index is -0.220. The van der Waals surface area contributed by atoms with E-state index in [0.717, 1.165) is 12.8 Å². The average Bonchev–Trinajstić information content (AvgIpc) is 2.46. The lowest BCUT2D eigenvalue weighted by Crippen LogP contribution is -2.41. The molecule has 0 spiro atoms. The molecule has 1 aromatic carbocycles. The number of carbonyl (C=O) groups excluding carboxylic acids is 2. The second kappa shape index (κ2) is 8.90. The van der Waals surface area contributed by atoms with Crippen LogP contribution in [0.3, 0.4) is 0 Å². The molecule has 0 heterocycles. The van der Waals surface area contributed by atoms with Crippen molar-refractivity contribution < 1.29 is 9.59 Å². The van der Waals surface area contributed by atoms with Gasteiger partial charge in [0.1, 0.15) is 0 Å². The average molecular weight is 331 g/mol. The lowest BCUT2D eigenvalue weighted by Gasteiger charge is -2.21. The molecule has 1 N–H and O–H groups in total. The van der Waals surface area contributed by atoms with Crippen molar-refractivity contribution in [3.8, 4) is 0 Å². The van der Waals surface area contributed by atoms with Crippen LogP contribution in [0.15, 0.2) is 18.2 Å². The molecule has 0 atom stereocenters. The lowest BCUT2D eigenvalue weighted by atomic mass is 10.2. The van der Waals surface area contributed by atoms with Gasteiger partial charge in [0.25, 0.3) is 5.91 Å². The molecule has 0 bridgehead atoms. The number of halogens is 2. The molecule has 0 radical (unpaired) electrons. The normalized spacial score (nSPS) is 10.3. The second-order valence-corrected chi connectivity index (χ2v) is 5.52. The van der Waals surface area contributed by atoms with Gasteiger partial charge >= 0.3 is 0 Å². The van der Waals surface area contributed by atoms with E-state index < -0.39 is 0 Å². The molecule has 116 valence electrons. The van der Waals surface area contributed by atoms with Gasteiger partial charge in [0.15, 0.2) is 0 Å². The van der Waals surface area contributed by atoms with Crippen molar-refractivity contribution in [1.82, 2.24) is 10.2 Å². The van der Waals surface area contributed by atoms with E-state index in [0.29, 0.717) is 28.7 Å². The Morgan fingerprint density at radius 3 is 2.43 bits per heavy atom. The third-order valence-corrected chi connectivity index (χ3v) is 3.59. The minimum Gasteiger partial charge on any atom is -0.355 e. The molecule has 0 aromatic heterocycles. The molecule has 1 aromatic rings. The van der Waals surface area contributed by atoms with Crippen molar-refractivity contribution in [2.75, 3.05) is 19.6 Å². The zero-order chi connectivity index (χ0) is 15.8. The second-order valence-electron chi connectivity index (χ2n) is 4.71. The first-order valence-corrected chi connectivity index (χ1v) is 7.76. The first-order valence-electron chi connectivity index (χ1n) is 7.00. The van der Waals surface area contributed by atoms with E-state index in [1.54, 1.807) is 12.1 Å². The highest BCUT2D eigenvalue weighted by molar-refractivity contribution is 6.42. The van der Waals surface area contributed by atoms with Crippen LogP contribution in [0.1, 0.15) is 37.0 Å². The highest BCUT2D eigenvalue weighted by atomic mass is 35.5. The van der Waals surface area contributed by atoms with Crippen LogP contribution in [-0.4, -0.2) is 36.3 Å². The molecule has 4 nitrogen and oxygen atoms in total. The van der Waals surface area contributed by atoms with E-state index in [9.17, 15) is 9.59 Å². The summed E-state index contributed by atoms with van der Waals surface area (Å²) >= 11 is 11.8. The van der Waals surface area contributed by atoms with E-state index in [4.69, 9.17) is 23.2 Å². The number of nitrogens with one attached hydrogen (secondary N) is 1. The van der Waals surface area contributed by atoms with Crippen LogP contribution in [-0.2, 0) is 4.79 Å². The van der Waals surface area contributed by atoms with E-state index in [1.807, 2.05) is 13.8 Å². The predicted octanol–water partition coefficient (Wildman–Crippen LogP) is 3.37. The Kier molecular flexibility index (Phi) is 7.54. The fraction of sp³-hybridized carbons (Fsp3) is 0.467. The summed E-state index contributed by atoms with van der Waals surface area (Å²) in [6, 6.07) is 4.72. The van der Waals surface area contributed by atoms with Gasteiger partial charge in [-0.1, -0.05) is 37.0 Å². The molecule has 0 unspecified atom stereocenters. The summed E-state index contributed by atoms with van der Waals surface area (Å²) in [5.74, 6) is -0.374. The smallest absolute Gasteiger partial charge is 0.254 e. The SMILES string of the molecule is CCCNC(=O)CN(CCC)C(=O)c1ccc(Cl)c(Cl)c1. The monoisotopic (exact) mass is 330 g/mol. The third-order valence-electron chi connectivity index (χ3n) is 2.85. The van der Waals surface area contributed by atoms with Crippen LogP contribution in [0.25, 0.3) is 0 Å². The van der Waals surface area contributed by atoms with Crippen molar-refractivity contribution in [3.63, 3.8) is 0 Å². The van der Waals surface area contributed by atoms with Gasteiger partial charge in [0, 0.05) is 18.7 Å². The maximum Gasteiger partial charge on any atom is 0.254 e. The largest absolute Gasteiger partial charge is 0.355 e. The Balaban J connectivity index is 2.81. The lowest BCUT2D eigenvalue weighted by molar-refractivity contribution is -0.121. The van der Waals surface area contributed by atoms with Gasteiger partial charge in [-0.25, -0.2) is 0 Å². The fourth-order valence-corrected chi connectivity index (χ4v) is 2.13. The van der Waals surface area contributed by atoms with Crippen molar-refractivity contribution in [3.05, 3.63) is 33.8 Å². The Morgan fingerprint density at radius 1 is 1.14 bits per heavy atom. The van der Waals surface area contributed by atoms with Crippen LogP contribution in [0.5, 0.6) is 0 Å². The van der Waals surface area contributed by atoms with Crippen molar-refractivity contribution >= 4 is 35.0 Å². The zero-order valence-corrected chi connectivity index (χ0v) is 13.8. The number of rotatable bonds is 7. The van der Waals surface area contributed by atoms with Gasteiger partial charge in [0.2, 0.25) is 5.91 Å². The molecule has 0 saturated heterocycles. The third kappa shape index (κ3) is 5.56. The van der Waals surface area contributed by atoms with E-state index in [-0.39, 0.29) is 18.4 Å². The summed E-state index contributed by atoms with van der Waals surface area (Å²) in [5.41, 5.74) is 0.432. The molecule has 1 rings (SSSR count). The fourth-order valence-electron chi connectivity index (χ4n) is 1.83. The first kappa shape index (κ1) is 17.8. The molecule has 0 aliphatic heterocycles. The Labute approximate surface area is 135 Å². The van der Waals surface area contributed by atoms with Crippen LogP contribution >= 0.6 is 23.2 Å². The summed E-state index contributed by atoms with van der Waals surface area (Å²) in [6.07, 6.45) is 1.63. The number of benzene rings is 1. The Morgan fingerprint density at radius 2 is 1.86 bits per heavy atom. The topological polar surface area (TPSA) is 49.4 Å². The van der Waals surface area contributed by atoms with Gasteiger partial charge in [0.05, 0.1) is 16.6 Å². The van der Waals surface area contributed by atoms with Crippen LogP contribution < -0.4 is 5.32 Å². The standard InChI is InChI=1S/C15H20Cl2N2O2/c1-3-7-18-14(20)10-19(8-4-2)15(21)11-5-6-12(16)13(17)9-11/h5-6,9H,3-4,7-8,10H2,1-2H3,(H,18,20). The van der Waals surface area contributed by atoms with Gasteiger partial charge in [-0.05, 0) is 31.0 Å². The van der Waals surface area contributed by atoms with Crippen LogP contribution in [0, 0.1) is 0 Å². The quantitative estimate of drug-likeness (QED) is 0.833. The molecular weight excluding hydrogens is 311 g/mol. The summed E-state index contributed by atoms with van der Waals surface area (Å²) < 4.78 is 0. The number of carbonyl (C=O) groups is 2. The summed E-state index contributed by atoms with van der Waals surface area (Å²) in [6.45, 7) is 5.11. The molecule has 21 heavy (non-hydrogen) atoms. The number of hydrogen-bond donors (Lipinski definition) is 1. The molecule has 0 aliphatic carbocycles. The van der Waals surface area contributed by atoms with Gasteiger partial charge in [-0.15, -0.1) is 0 Å². The molecule has 0 aliphatic rings.